The van der Waals surface area contributed by atoms with Crippen molar-refractivity contribution in [1.82, 2.24) is 0 Å². The number of nitrogens with zero attached hydrogens (tertiary/aromatic N) is 1. The molecule has 0 aromatic heterocycles. The summed E-state index contributed by atoms with van der Waals surface area (Å²) < 4.78 is 5.63. The van der Waals surface area contributed by atoms with Crippen LogP contribution in [-0.2, 0) is 14.9 Å². The van der Waals surface area contributed by atoms with E-state index in [0.717, 1.165) is 63.1 Å². The zero-order chi connectivity index (χ0) is 21.1. The Balaban J connectivity index is 1.71. The van der Waals surface area contributed by atoms with Crippen molar-refractivity contribution in [2.45, 2.75) is 89.1 Å². The van der Waals surface area contributed by atoms with Gasteiger partial charge in [0.25, 0.3) is 0 Å². The summed E-state index contributed by atoms with van der Waals surface area (Å²) >= 11 is 0. The maximum Gasteiger partial charge on any atom is 0.314 e. The van der Waals surface area contributed by atoms with E-state index in [4.69, 9.17) is 4.74 Å². The molecule has 0 unspecified atom stereocenters. The summed E-state index contributed by atoms with van der Waals surface area (Å²) in [6.45, 7) is 7.21. The van der Waals surface area contributed by atoms with Crippen LogP contribution in [0, 0.1) is 5.92 Å². The molecule has 0 spiro atoms. The Morgan fingerprint density at radius 1 is 1.17 bits per heavy atom. The molecule has 1 aliphatic heterocycles. The second-order valence-electron chi connectivity index (χ2n) is 9.99. The lowest BCUT2D eigenvalue weighted by Gasteiger charge is -2.41. The Bertz CT molecular complexity index is 732. The lowest BCUT2D eigenvalue weighted by Crippen LogP contribution is -2.43. The molecule has 1 aromatic rings. The Labute approximate surface area is 181 Å². The van der Waals surface area contributed by atoms with E-state index in [9.17, 15) is 9.90 Å². The summed E-state index contributed by atoms with van der Waals surface area (Å²) in [7, 11) is 0. The first kappa shape index (κ1) is 21.5. The summed E-state index contributed by atoms with van der Waals surface area (Å²) in [5.41, 5.74) is 2.67. The van der Waals surface area contributed by atoms with Gasteiger partial charge in [-0.15, -0.1) is 0 Å². The fourth-order valence-corrected chi connectivity index (χ4v) is 5.48. The van der Waals surface area contributed by atoms with E-state index in [1.165, 1.54) is 31.4 Å². The molecule has 0 atom stereocenters. The van der Waals surface area contributed by atoms with E-state index in [0.29, 0.717) is 18.0 Å². The van der Waals surface area contributed by atoms with Crippen LogP contribution >= 0.6 is 0 Å². The van der Waals surface area contributed by atoms with Crippen LogP contribution in [0.4, 0.5) is 11.4 Å². The monoisotopic (exact) mass is 414 g/mol. The minimum atomic E-state index is -0.688. The van der Waals surface area contributed by atoms with Crippen LogP contribution in [0.15, 0.2) is 18.2 Å². The van der Waals surface area contributed by atoms with E-state index in [1.54, 1.807) is 0 Å². The van der Waals surface area contributed by atoms with Crippen LogP contribution in [-0.4, -0.2) is 42.9 Å². The fourth-order valence-electron chi connectivity index (χ4n) is 5.48. The smallest absolute Gasteiger partial charge is 0.314 e. The topological polar surface area (TPSA) is 61.8 Å². The Morgan fingerprint density at radius 2 is 1.87 bits per heavy atom. The van der Waals surface area contributed by atoms with Gasteiger partial charge in [0.1, 0.15) is 0 Å². The quantitative estimate of drug-likeness (QED) is 0.613. The molecule has 3 aliphatic rings. The standard InChI is InChI=1S/C25H38N2O3/c1-18(2)17-27(21-10-14-30-15-11-21)23-9-8-19(25(24(28)29)12-5-13-25)16-22(23)26-20-6-3-4-7-20/h8-9,16,18,20-21,26H,3-7,10-15,17H2,1-2H3,(H,28,29). The largest absolute Gasteiger partial charge is 0.481 e. The molecule has 5 nitrogen and oxygen atoms in total. The van der Waals surface area contributed by atoms with Crippen molar-refractivity contribution >= 4 is 17.3 Å². The van der Waals surface area contributed by atoms with Gasteiger partial charge in [-0.25, -0.2) is 0 Å². The molecular weight excluding hydrogens is 376 g/mol. The van der Waals surface area contributed by atoms with Crippen molar-refractivity contribution in [2.75, 3.05) is 30.0 Å². The molecule has 4 rings (SSSR count). The highest BCUT2D eigenvalue weighted by atomic mass is 16.5. The van der Waals surface area contributed by atoms with Gasteiger partial charge >= 0.3 is 5.97 Å². The molecule has 2 N–H and O–H groups in total. The second kappa shape index (κ2) is 9.17. The van der Waals surface area contributed by atoms with Gasteiger partial charge in [-0.1, -0.05) is 39.2 Å². The normalized spacial score (nSPS) is 22.1. The number of carbonyl (C=O) groups is 1. The van der Waals surface area contributed by atoms with E-state index < -0.39 is 11.4 Å². The number of ether oxygens (including phenoxy) is 1. The van der Waals surface area contributed by atoms with Crippen molar-refractivity contribution in [1.29, 1.82) is 0 Å². The van der Waals surface area contributed by atoms with E-state index in [1.807, 2.05) is 0 Å². The molecule has 30 heavy (non-hydrogen) atoms. The third kappa shape index (κ3) is 4.32. The van der Waals surface area contributed by atoms with Gasteiger partial charge in [-0.2, -0.15) is 0 Å². The zero-order valence-electron chi connectivity index (χ0n) is 18.7. The number of rotatable bonds is 8. The molecule has 3 fully saturated rings. The summed E-state index contributed by atoms with van der Waals surface area (Å²) in [6.07, 6.45) is 9.57. The molecule has 1 saturated heterocycles. The number of carboxylic acid groups (broad SMARTS) is 1. The van der Waals surface area contributed by atoms with Crippen LogP contribution in [0.25, 0.3) is 0 Å². The van der Waals surface area contributed by atoms with E-state index in [2.05, 4.69) is 42.3 Å². The Hall–Kier alpha value is -1.75. The molecule has 2 aliphatic carbocycles. The summed E-state index contributed by atoms with van der Waals surface area (Å²) in [6, 6.07) is 7.45. The third-order valence-electron chi connectivity index (χ3n) is 7.38. The molecule has 166 valence electrons. The molecule has 1 aromatic carbocycles. The maximum atomic E-state index is 12.1. The highest BCUT2D eigenvalue weighted by molar-refractivity contribution is 5.84. The average Bonchev–Trinajstić information content (AvgIpc) is 3.19. The molecular formula is C25H38N2O3. The predicted molar refractivity (Wildman–Crippen MR) is 122 cm³/mol. The van der Waals surface area contributed by atoms with Gasteiger partial charge in [0.15, 0.2) is 0 Å². The molecule has 0 bridgehead atoms. The first-order valence-electron chi connectivity index (χ1n) is 12.0. The molecule has 0 radical (unpaired) electrons. The number of hydrogen-bond acceptors (Lipinski definition) is 4. The summed E-state index contributed by atoms with van der Waals surface area (Å²) in [5.74, 6) is -0.111. The first-order chi connectivity index (χ1) is 14.5. The second-order valence-corrected chi connectivity index (χ2v) is 9.99. The fraction of sp³-hybridized carbons (Fsp3) is 0.720. The number of carboxylic acids is 1. The molecule has 5 heteroatoms. The average molecular weight is 415 g/mol. The lowest BCUT2D eigenvalue weighted by atomic mass is 9.64. The van der Waals surface area contributed by atoms with Crippen LogP contribution in [0.1, 0.15) is 77.2 Å². The molecule has 2 saturated carbocycles. The number of benzene rings is 1. The van der Waals surface area contributed by atoms with Crippen LogP contribution < -0.4 is 10.2 Å². The number of hydrogen-bond donors (Lipinski definition) is 2. The van der Waals surface area contributed by atoms with Crippen LogP contribution in [0.3, 0.4) is 0 Å². The van der Waals surface area contributed by atoms with Gasteiger partial charge in [0, 0.05) is 31.8 Å². The van der Waals surface area contributed by atoms with E-state index >= 15 is 0 Å². The maximum absolute atomic E-state index is 12.1. The van der Waals surface area contributed by atoms with Gasteiger partial charge in [-0.05, 0) is 62.1 Å². The van der Waals surface area contributed by atoms with Crippen molar-refractivity contribution in [3.05, 3.63) is 23.8 Å². The van der Waals surface area contributed by atoms with Gasteiger partial charge in [0.2, 0.25) is 0 Å². The third-order valence-corrected chi connectivity index (χ3v) is 7.38. The summed E-state index contributed by atoms with van der Waals surface area (Å²) in [5, 5.41) is 13.8. The predicted octanol–water partition coefficient (Wildman–Crippen LogP) is 5.19. The van der Waals surface area contributed by atoms with Crippen molar-refractivity contribution in [3.8, 4) is 0 Å². The van der Waals surface area contributed by atoms with Gasteiger partial charge < -0.3 is 20.1 Å². The van der Waals surface area contributed by atoms with Crippen molar-refractivity contribution in [3.63, 3.8) is 0 Å². The SMILES string of the molecule is CC(C)CN(c1ccc(C2(C(=O)O)CCC2)cc1NC1CCCC1)C1CCOCC1. The van der Waals surface area contributed by atoms with Gasteiger partial charge in [-0.3, -0.25) is 4.79 Å². The van der Waals surface area contributed by atoms with Crippen LogP contribution in [0.5, 0.6) is 0 Å². The Morgan fingerprint density at radius 3 is 2.43 bits per heavy atom. The van der Waals surface area contributed by atoms with Gasteiger partial charge in [0.05, 0.1) is 16.8 Å². The molecule has 1 heterocycles. The van der Waals surface area contributed by atoms with Crippen LogP contribution in [0.2, 0.25) is 0 Å². The van der Waals surface area contributed by atoms with Crippen molar-refractivity contribution in [2.24, 2.45) is 5.92 Å². The Kier molecular flexibility index (Phi) is 6.57. The number of nitrogens with one attached hydrogen (secondary N) is 1. The highest BCUT2D eigenvalue weighted by Crippen LogP contribution is 2.46. The number of anilines is 2. The van der Waals surface area contributed by atoms with E-state index in [-0.39, 0.29) is 0 Å². The highest BCUT2D eigenvalue weighted by Gasteiger charge is 2.46. The van der Waals surface area contributed by atoms with Crippen molar-refractivity contribution < 1.29 is 14.6 Å². The minimum absolute atomic E-state index is 0.480. The zero-order valence-corrected chi connectivity index (χ0v) is 18.7. The minimum Gasteiger partial charge on any atom is -0.481 e. The lowest BCUT2D eigenvalue weighted by molar-refractivity contribution is -0.147. The molecule has 0 amide bonds. The number of aliphatic carboxylic acids is 1. The first-order valence-corrected chi connectivity index (χ1v) is 12.0. The summed E-state index contributed by atoms with van der Waals surface area (Å²) in [4.78, 5) is 14.7.